The Hall–Kier alpha value is -1.68. The van der Waals surface area contributed by atoms with E-state index in [2.05, 4.69) is 33.1 Å². The van der Waals surface area contributed by atoms with Gasteiger partial charge in [0.25, 0.3) is 5.91 Å². The van der Waals surface area contributed by atoms with Crippen molar-refractivity contribution < 1.29 is 14.4 Å². The summed E-state index contributed by atoms with van der Waals surface area (Å²) in [4.78, 5) is 11.9. The van der Waals surface area contributed by atoms with Crippen molar-refractivity contribution in [3.63, 3.8) is 0 Å². The average molecular weight is 419 g/mol. The Balaban J connectivity index is 2.05. The number of rotatable bonds is 4. The van der Waals surface area contributed by atoms with Gasteiger partial charge in [-0.3, -0.25) is 4.79 Å². The van der Waals surface area contributed by atoms with Gasteiger partial charge >= 0.3 is 0 Å². The van der Waals surface area contributed by atoms with E-state index in [-0.39, 0.29) is 23.9 Å². The maximum atomic E-state index is 13.9. The van der Waals surface area contributed by atoms with Crippen LogP contribution in [0.2, 0.25) is 0 Å². The minimum Gasteiger partial charge on any atom is -0.409 e. The number of benzene rings is 1. The highest BCUT2D eigenvalue weighted by molar-refractivity contribution is 14.1. The van der Waals surface area contributed by atoms with E-state index in [0.717, 1.165) is 8.95 Å². The van der Waals surface area contributed by atoms with Crippen LogP contribution in [0.1, 0.15) is 21.5 Å². The zero-order chi connectivity index (χ0) is 15.4. The third-order valence-electron chi connectivity index (χ3n) is 2.73. The first-order chi connectivity index (χ1) is 10.0. The smallest absolute Gasteiger partial charge is 0.252 e. The molecule has 0 saturated heterocycles. The Morgan fingerprint density at radius 2 is 2.19 bits per heavy atom. The number of carbonyl (C=O) groups is 1. The molecule has 1 amide bonds. The molecular weight excluding hydrogens is 408 g/mol. The van der Waals surface area contributed by atoms with Crippen LogP contribution in [-0.4, -0.2) is 17.0 Å². The Morgan fingerprint density at radius 1 is 1.43 bits per heavy atom. The van der Waals surface area contributed by atoms with Crippen LogP contribution >= 0.6 is 33.9 Å². The van der Waals surface area contributed by atoms with Gasteiger partial charge in [0.2, 0.25) is 0 Å². The molecule has 0 saturated carbocycles. The van der Waals surface area contributed by atoms with Crippen molar-refractivity contribution >= 4 is 45.7 Å². The van der Waals surface area contributed by atoms with Gasteiger partial charge in [0.05, 0.1) is 8.45 Å². The highest BCUT2D eigenvalue weighted by atomic mass is 127. The fraction of sp³-hybridized carbons (Fsp3) is 0.0769. The van der Waals surface area contributed by atoms with Crippen molar-refractivity contribution in [3.05, 3.63) is 55.0 Å². The topological polar surface area (TPSA) is 87.7 Å². The van der Waals surface area contributed by atoms with Crippen molar-refractivity contribution in [3.8, 4) is 0 Å². The van der Waals surface area contributed by atoms with E-state index in [9.17, 15) is 9.18 Å². The second kappa shape index (κ2) is 6.85. The second-order valence-corrected chi connectivity index (χ2v) is 6.92. The largest absolute Gasteiger partial charge is 0.409 e. The Morgan fingerprint density at radius 3 is 2.76 bits per heavy atom. The number of amidine groups is 1. The summed E-state index contributed by atoms with van der Waals surface area (Å²) in [6.07, 6.45) is 0. The molecule has 5 nitrogen and oxygen atoms in total. The summed E-state index contributed by atoms with van der Waals surface area (Å²) >= 11 is 3.59. The molecule has 2 aromatic rings. The highest BCUT2D eigenvalue weighted by Crippen LogP contribution is 2.17. The van der Waals surface area contributed by atoms with Gasteiger partial charge in [-0.05, 0) is 34.7 Å². The first kappa shape index (κ1) is 15.7. The molecule has 0 aliphatic rings. The third kappa shape index (κ3) is 3.91. The normalized spacial score (nSPS) is 11.4. The van der Waals surface area contributed by atoms with Crippen molar-refractivity contribution in [2.75, 3.05) is 0 Å². The fourth-order valence-electron chi connectivity index (χ4n) is 1.61. The van der Waals surface area contributed by atoms with Gasteiger partial charge in [-0.25, -0.2) is 4.39 Å². The minimum absolute atomic E-state index is 0.0630. The fourth-order valence-corrected chi connectivity index (χ4v) is 2.94. The molecule has 0 aliphatic carbocycles. The van der Waals surface area contributed by atoms with Crippen molar-refractivity contribution in [1.29, 1.82) is 0 Å². The molecule has 0 spiro atoms. The van der Waals surface area contributed by atoms with Gasteiger partial charge < -0.3 is 16.3 Å². The summed E-state index contributed by atoms with van der Waals surface area (Å²) in [5, 5.41) is 15.7. The summed E-state index contributed by atoms with van der Waals surface area (Å²) in [5.74, 6) is -0.953. The lowest BCUT2D eigenvalue weighted by Crippen LogP contribution is -2.23. The molecule has 2 rings (SSSR count). The van der Waals surface area contributed by atoms with E-state index in [4.69, 9.17) is 10.9 Å². The van der Waals surface area contributed by atoms with Crippen LogP contribution in [0.25, 0.3) is 0 Å². The lowest BCUT2D eigenvalue weighted by atomic mass is 10.1. The molecule has 21 heavy (non-hydrogen) atoms. The number of carbonyl (C=O) groups excluding carboxylic acids is 1. The van der Waals surface area contributed by atoms with Gasteiger partial charge in [-0.15, -0.1) is 11.3 Å². The van der Waals surface area contributed by atoms with Crippen LogP contribution in [-0.2, 0) is 6.54 Å². The lowest BCUT2D eigenvalue weighted by Gasteiger charge is -2.07. The maximum Gasteiger partial charge on any atom is 0.252 e. The van der Waals surface area contributed by atoms with Crippen LogP contribution in [0.5, 0.6) is 0 Å². The summed E-state index contributed by atoms with van der Waals surface area (Å²) in [6.45, 7) is 0.0630. The van der Waals surface area contributed by atoms with Gasteiger partial charge in [-0.1, -0.05) is 17.3 Å². The predicted molar refractivity (Wildman–Crippen MR) is 87.1 cm³/mol. The number of nitrogens with one attached hydrogen (secondary N) is 1. The SMILES string of the molecule is NC(=NO)c1ccc(CNC(=O)c2csc(I)c2)c(F)c1. The number of hydrogen-bond donors (Lipinski definition) is 3. The molecule has 0 unspecified atom stereocenters. The van der Waals surface area contributed by atoms with Crippen molar-refractivity contribution in [2.45, 2.75) is 6.54 Å². The summed E-state index contributed by atoms with van der Waals surface area (Å²) in [5.41, 5.74) is 6.53. The van der Waals surface area contributed by atoms with E-state index >= 15 is 0 Å². The number of nitrogens with two attached hydrogens (primary N) is 1. The quantitative estimate of drug-likeness (QED) is 0.234. The Kier molecular flexibility index (Phi) is 5.12. The molecule has 0 fully saturated rings. The Labute approximate surface area is 137 Å². The molecule has 0 aliphatic heterocycles. The predicted octanol–water partition coefficient (Wildman–Crippen LogP) is 2.52. The molecule has 1 aromatic heterocycles. The van der Waals surface area contributed by atoms with Gasteiger partial charge in [0.1, 0.15) is 5.82 Å². The molecule has 110 valence electrons. The maximum absolute atomic E-state index is 13.9. The molecule has 8 heteroatoms. The van der Waals surface area contributed by atoms with Gasteiger partial charge in [-0.2, -0.15) is 0 Å². The average Bonchev–Trinajstić information content (AvgIpc) is 2.91. The summed E-state index contributed by atoms with van der Waals surface area (Å²) in [6, 6.07) is 5.93. The van der Waals surface area contributed by atoms with E-state index in [0.29, 0.717) is 11.1 Å². The minimum atomic E-state index is -0.528. The number of halogens is 2. The summed E-state index contributed by atoms with van der Waals surface area (Å²) in [7, 11) is 0. The monoisotopic (exact) mass is 419 g/mol. The molecule has 1 heterocycles. The van der Waals surface area contributed by atoms with Crippen LogP contribution in [0.3, 0.4) is 0 Å². The number of amides is 1. The van der Waals surface area contributed by atoms with Crippen LogP contribution < -0.4 is 11.1 Å². The van der Waals surface area contributed by atoms with Crippen LogP contribution in [0.15, 0.2) is 34.8 Å². The molecule has 0 atom stereocenters. The van der Waals surface area contributed by atoms with Crippen molar-refractivity contribution in [2.24, 2.45) is 10.9 Å². The number of hydrogen-bond acceptors (Lipinski definition) is 4. The summed E-state index contributed by atoms with van der Waals surface area (Å²) < 4.78 is 14.9. The standard InChI is InChI=1S/C13H11FIN3O2S/c14-10-3-7(12(16)18-20)1-2-8(10)5-17-13(19)9-4-11(15)21-6-9/h1-4,6,20H,5H2,(H2,16,18)(H,17,19). The Bertz CT molecular complexity index is 702. The molecular formula is C13H11FIN3O2S. The zero-order valence-electron chi connectivity index (χ0n) is 10.6. The van der Waals surface area contributed by atoms with Crippen LogP contribution in [0, 0.1) is 8.70 Å². The highest BCUT2D eigenvalue weighted by Gasteiger charge is 2.10. The van der Waals surface area contributed by atoms with Gasteiger partial charge in [0.15, 0.2) is 5.84 Å². The first-order valence-corrected chi connectivity index (χ1v) is 7.75. The third-order valence-corrected chi connectivity index (χ3v) is 4.51. The molecule has 0 bridgehead atoms. The lowest BCUT2D eigenvalue weighted by molar-refractivity contribution is 0.0951. The van der Waals surface area contributed by atoms with E-state index in [1.165, 1.54) is 23.5 Å². The van der Waals surface area contributed by atoms with Crippen molar-refractivity contribution in [1.82, 2.24) is 5.32 Å². The van der Waals surface area contributed by atoms with E-state index in [1.807, 2.05) is 0 Å². The number of thiophene rings is 1. The van der Waals surface area contributed by atoms with Gasteiger partial charge in [0, 0.05) is 23.1 Å². The van der Waals surface area contributed by atoms with E-state index in [1.54, 1.807) is 11.4 Å². The zero-order valence-corrected chi connectivity index (χ0v) is 13.6. The second-order valence-electron chi connectivity index (χ2n) is 4.11. The van der Waals surface area contributed by atoms with E-state index < -0.39 is 5.82 Å². The molecule has 4 N–H and O–H groups in total. The number of nitrogens with zero attached hydrogens (tertiary/aromatic N) is 1. The molecule has 0 radical (unpaired) electrons. The first-order valence-electron chi connectivity index (χ1n) is 5.80. The molecule has 1 aromatic carbocycles. The van der Waals surface area contributed by atoms with Crippen LogP contribution in [0.4, 0.5) is 4.39 Å². The number of oxime groups is 1.